The van der Waals surface area contributed by atoms with Crippen LogP contribution in [0.4, 0.5) is 0 Å². The van der Waals surface area contributed by atoms with Gasteiger partial charge in [0.15, 0.2) is 11.8 Å². The van der Waals surface area contributed by atoms with Gasteiger partial charge in [0.1, 0.15) is 11.9 Å². The Labute approximate surface area is 135 Å². The maximum absolute atomic E-state index is 5.90. The summed E-state index contributed by atoms with van der Waals surface area (Å²) >= 11 is 0. The second-order valence-electron chi connectivity index (χ2n) is 5.42. The number of nitrogens with one attached hydrogen (secondary N) is 2. The number of aromatic nitrogens is 2. The minimum absolute atomic E-state index is 0.129. The summed E-state index contributed by atoms with van der Waals surface area (Å²) in [4.78, 5) is 8.37. The van der Waals surface area contributed by atoms with Crippen molar-refractivity contribution in [2.45, 2.75) is 25.9 Å². The molecule has 3 rings (SSSR count). The second-order valence-corrected chi connectivity index (χ2v) is 5.42. The number of fused-ring (bicyclic) bond motifs is 1. The number of rotatable bonds is 5. The van der Waals surface area contributed by atoms with Crippen molar-refractivity contribution < 1.29 is 9.26 Å². The summed E-state index contributed by atoms with van der Waals surface area (Å²) in [6, 6.07) is 8.15. The molecule has 0 saturated heterocycles. The Morgan fingerprint density at radius 3 is 2.96 bits per heavy atom. The van der Waals surface area contributed by atoms with E-state index in [-0.39, 0.29) is 6.10 Å². The number of hydrogen-bond acceptors (Lipinski definition) is 5. The van der Waals surface area contributed by atoms with Crippen LogP contribution in [0.15, 0.2) is 33.8 Å². The molecular weight excluding hydrogens is 294 g/mol. The van der Waals surface area contributed by atoms with Gasteiger partial charge in [0.05, 0.1) is 6.54 Å². The molecule has 7 heteroatoms. The summed E-state index contributed by atoms with van der Waals surface area (Å²) < 4.78 is 11.0. The molecule has 2 aromatic rings. The Bertz CT molecular complexity index is 658. The van der Waals surface area contributed by atoms with Gasteiger partial charge in [-0.15, -0.1) is 0 Å². The van der Waals surface area contributed by atoms with Crippen molar-refractivity contribution in [1.29, 1.82) is 0 Å². The minimum Gasteiger partial charge on any atom is -0.488 e. The Morgan fingerprint density at radius 2 is 2.22 bits per heavy atom. The molecule has 0 radical (unpaired) electrons. The van der Waals surface area contributed by atoms with Crippen LogP contribution < -0.4 is 15.4 Å². The zero-order chi connectivity index (χ0) is 16.1. The highest BCUT2D eigenvalue weighted by Crippen LogP contribution is 2.27. The predicted octanol–water partition coefficient (Wildman–Crippen LogP) is 1.09. The van der Waals surface area contributed by atoms with Gasteiger partial charge in [0.2, 0.25) is 5.89 Å². The van der Waals surface area contributed by atoms with E-state index in [0.717, 1.165) is 18.1 Å². The topological polar surface area (TPSA) is 84.6 Å². The van der Waals surface area contributed by atoms with Crippen LogP contribution in [0.1, 0.15) is 17.3 Å². The quantitative estimate of drug-likeness (QED) is 0.635. The van der Waals surface area contributed by atoms with Crippen molar-refractivity contribution >= 4 is 5.96 Å². The van der Waals surface area contributed by atoms with E-state index >= 15 is 0 Å². The van der Waals surface area contributed by atoms with Gasteiger partial charge in [0.25, 0.3) is 0 Å². The molecule has 2 heterocycles. The van der Waals surface area contributed by atoms with Gasteiger partial charge in [-0.05, 0) is 18.6 Å². The third-order valence-corrected chi connectivity index (χ3v) is 3.64. The summed E-state index contributed by atoms with van der Waals surface area (Å²) in [7, 11) is 1.75. The molecule has 122 valence electrons. The van der Waals surface area contributed by atoms with Crippen LogP contribution in [-0.4, -0.2) is 42.3 Å². The number of aliphatic imine (C=N–C) groups is 1. The summed E-state index contributed by atoms with van der Waals surface area (Å²) in [5.74, 6) is 3.00. The van der Waals surface area contributed by atoms with E-state index in [1.807, 2.05) is 18.2 Å². The molecular formula is C16H21N5O2. The zero-order valence-corrected chi connectivity index (χ0v) is 13.4. The van der Waals surface area contributed by atoms with Gasteiger partial charge < -0.3 is 19.9 Å². The molecule has 0 fully saturated rings. The highest BCUT2D eigenvalue weighted by molar-refractivity contribution is 5.79. The SMILES string of the molecule is CN=C(NCCc1nc(C)no1)NCC1Cc2ccccc2O1. The van der Waals surface area contributed by atoms with Crippen molar-refractivity contribution in [3.8, 4) is 5.75 Å². The van der Waals surface area contributed by atoms with Gasteiger partial charge in [-0.1, -0.05) is 23.4 Å². The molecule has 1 unspecified atom stereocenters. The van der Waals surface area contributed by atoms with Crippen molar-refractivity contribution in [3.05, 3.63) is 41.5 Å². The largest absolute Gasteiger partial charge is 0.488 e. The van der Waals surface area contributed by atoms with E-state index in [1.54, 1.807) is 14.0 Å². The highest BCUT2D eigenvalue weighted by Gasteiger charge is 2.22. The lowest BCUT2D eigenvalue weighted by Gasteiger charge is -2.15. The van der Waals surface area contributed by atoms with Crippen molar-refractivity contribution in [1.82, 2.24) is 20.8 Å². The van der Waals surface area contributed by atoms with Crippen molar-refractivity contribution in [3.63, 3.8) is 0 Å². The van der Waals surface area contributed by atoms with Gasteiger partial charge in [-0.2, -0.15) is 4.98 Å². The summed E-state index contributed by atoms with van der Waals surface area (Å²) in [6.07, 6.45) is 1.71. The Balaban J connectivity index is 1.40. The zero-order valence-electron chi connectivity index (χ0n) is 13.4. The Hall–Kier alpha value is -2.57. The number of hydrogen-bond donors (Lipinski definition) is 2. The molecule has 0 aliphatic carbocycles. The lowest BCUT2D eigenvalue weighted by Crippen LogP contribution is -2.42. The van der Waals surface area contributed by atoms with Crippen LogP contribution in [-0.2, 0) is 12.8 Å². The Morgan fingerprint density at radius 1 is 1.35 bits per heavy atom. The fourth-order valence-electron chi connectivity index (χ4n) is 2.53. The molecule has 0 bridgehead atoms. The minimum atomic E-state index is 0.129. The third kappa shape index (κ3) is 4.00. The van der Waals surface area contributed by atoms with E-state index in [4.69, 9.17) is 9.26 Å². The van der Waals surface area contributed by atoms with Crippen LogP contribution in [0.3, 0.4) is 0 Å². The number of para-hydroxylation sites is 1. The Kier molecular flexibility index (Phi) is 4.75. The standard InChI is InChI=1S/C16H21N5O2/c1-11-20-15(23-21-11)7-8-18-16(17-2)19-10-13-9-12-5-3-4-6-14(12)22-13/h3-6,13H,7-10H2,1-2H3,(H2,17,18,19). The first-order valence-corrected chi connectivity index (χ1v) is 7.73. The first-order valence-electron chi connectivity index (χ1n) is 7.73. The first kappa shape index (κ1) is 15.3. The second kappa shape index (κ2) is 7.13. The van der Waals surface area contributed by atoms with E-state index in [0.29, 0.717) is 31.2 Å². The molecule has 0 spiro atoms. The third-order valence-electron chi connectivity index (χ3n) is 3.64. The summed E-state index contributed by atoms with van der Waals surface area (Å²) in [6.45, 7) is 3.18. The van der Waals surface area contributed by atoms with Crippen LogP contribution >= 0.6 is 0 Å². The molecule has 23 heavy (non-hydrogen) atoms. The lowest BCUT2D eigenvalue weighted by molar-refractivity contribution is 0.235. The van der Waals surface area contributed by atoms with Gasteiger partial charge in [-0.3, -0.25) is 4.99 Å². The molecule has 1 aliphatic heterocycles. The van der Waals surface area contributed by atoms with Gasteiger partial charge in [0, 0.05) is 26.4 Å². The normalized spacial score (nSPS) is 16.8. The molecule has 1 aromatic heterocycles. The number of aryl methyl sites for hydroxylation is 1. The highest BCUT2D eigenvalue weighted by atomic mass is 16.5. The lowest BCUT2D eigenvalue weighted by atomic mass is 10.1. The van der Waals surface area contributed by atoms with E-state index < -0.39 is 0 Å². The van der Waals surface area contributed by atoms with Crippen LogP contribution in [0.25, 0.3) is 0 Å². The van der Waals surface area contributed by atoms with Gasteiger partial charge >= 0.3 is 0 Å². The number of benzene rings is 1. The van der Waals surface area contributed by atoms with Crippen LogP contribution in [0.2, 0.25) is 0 Å². The van der Waals surface area contributed by atoms with Crippen LogP contribution in [0, 0.1) is 6.92 Å². The summed E-state index contributed by atoms with van der Waals surface area (Å²) in [5.41, 5.74) is 1.26. The molecule has 2 N–H and O–H groups in total. The number of nitrogens with zero attached hydrogens (tertiary/aromatic N) is 3. The monoisotopic (exact) mass is 315 g/mol. The molecule has 7 nitrogen and oxygen atoms in total. The molecule has 0 amide bonds. The van der Waals surface area contributed by atoms with E-state index in [2.05, 4.69) is 31.8 Å². The first-order chi connectivity index (χ1) is 11.2. The molecule has 0 saturated carbocycles. The number of ether oxygens (including phenoxy) is 1. The molecule has 1 atom stereocenters. The maximum Gasteiger partial charge on any atom is 0.228 e. The fourth-order valence-corrected chi connectivity index (χ4v) is 2.53. The molecule has 1 aliphatic rings. The summed E-state index contributed by atoms with van der Waals surface area (Å²) in [5, 5.41) is 10.3. The van der Waals surface area contributed by atoms with Crippen molar-refractivity contribution in [2.24, 2.45) is 4.99 Å². The molecule has 1 aromatic carbocycles. The fraction of sp³-hybridized carbons (Fsp3) is 0.438. The predicted molar refractivity (Wildman–Crippen MR) is 86.7 cm³/mol. The van der Waals surface area contributed by atoms with E-state index in [1.165, 1.54) is 5.56 Å². The smallest absolute Gasteiger partial charge is 0.228 e. The van der Waals surface area contributed by atoms with Crippen molar-refractivity contribution in [2.75, 3.05) is 20.1 Å². The van der Waals surface area contributed by atoms with E-state index in [9.17, 15) is 0 Å². The van der Waals surface area contributed by atoms with Crippen LogP contribution in [0.5, 0.6) is 5.75 Å². The average molecular weight is 315 g/mol. The average Bonchev–Trinajstić information content (AvgIpc) is 3.16. The number of guanidine groups is 1. The maximum atomic E-state index is 5.90. The van der Waals surface area contributed by atoms with Gasteiger partial charge in [-0.25, -0.2) is 0 Å².